The number of sulfonamides is 1. The molecule has 1 aromatic rings. The summed E-state index contributed by atoms with van der Waals surface area (Å²) in [7, 11) is -3.36. The van der Waals surface area contributed by atoms with Gasteiger partial charge < -0.3 is 4.74 Å². The van der Waals surface area contributed by atoms with Gasteiger partial charge in [0.2, 0.25) is 10.0 Å². The van der Waals surface area contributed by atoms with E-state index >= 15 is 0 Å². The van der Waals surface area contributed by atoms with Crippen LogP contribution in [0.4, 0.5) is 0 Å². The number of ether oxygens (including phenoxy) is 1. The molecule has 3 heterocycles. The number of fused-ring (bicyclic) bond motifs is 2. The lowest BCUT2D eigenvalue weighted by Gasteiger charge is -2.31. The number of thiophene rings is 1. The maximum atomic E-state index is 12.6. The van der Waals surface area contributed by atoms with E-state index in [0.717, 1.165) is 21.5 Å². The molecular weight excluding hydrogens is 338 g/mol. The van der Waals surface area contributed by atoms with Crippen molar-refractivity contribution in [2.24, 2.45) is 0 Å². The topological polar surface area (TPSA) is 46.6 Å². The van der Waals surface area contributed by atoms with Gasteiger partial charge in [0, 0.05) is 18.0 Å². The summed E-state index contributed by atoms with van der Waals surface area (Å²) in [5.74, 6) is 0. The van der Waals surface area contributed by atoms with Crippen molar-refractivity contribution in [3.05, 3.63) is 14.7 Å². The average molecular weight is 352 g/mol. The Kier molecular flexibility index (Phi) is 3.30. The van der Waals surface area contributed by atoms with E-state index in [2.05, 4.69) is 15.9 Å². The molecule has 2 unspecified atom stereocenters. The zero-order valence-electron chi connectivity index (χ0n) is 9.93. The normalized spacial score (nSPS) is 28.8. The van der Waals surface area contributed by atoms with Crippen molar-refractivity contribution in [3.8, 4) is 0 Å². The van der Waals surface area contributed by atoms with Crippen LogP contribution in [-0.4, -0.2) is 38.0 Å². The SMILES string of the molecule is Cc1sc(Br)cc1S(=O)(=O)N1CC2CCC(C1)O2. The summed E-state index contributed by atoms with van der Waals surface area (Å²) in [5, 5.41) is 0. The minimum Gasteiger partial charge on any atom is -0.372 e. The highest BCUT2D eigenvalue weighted by atomic mass is 79.9. The molecule has 2 atom stereocenters. The third kappa shape index (κ3) is 2.16. The fourth-order valence-electron chi connectivity index (χ4n) is 2.60. The van der Waals surface area contributed by atoms with Gasteiger partial charge in [0.25, 0.3) is 0 Å². The van der Waals surface area contributed by atoms with Gasteiger partial charge in [-0.15, -0.1) is 11.3 Å². The summed E-state index contributed by atoms with van der Waals surface area (Å²) in [5.41, 5.74) is 0. The van der Waals surface area contributed by atoms with Crippen LogP contribution in [-0.2, 0) is 14.8 Å². The van der Waals surface area contributed by atoms with Gasteiger partial charge in [-0.05, 0) is 41.8 Å². The Morgan fingerprint density at radius 2 is 2.00 bits per heavy atom. The fourth-order valence-corrected chi connectivity index (χ4v) is 6.49. The fraction of sp³-hybridized carbons (Fsp3) is 0.636. The monoisotopic (exact) mass is 351 g/mol. The molecule has 0 saturated carbocycles. The second-order valence-electron chi connectivity index (χ2n) is 4.75. The molecule has 2 aliphatic heterocycles. The highest BCUT2D eigenvalue weighted by molar-refractivity contribution is 9.11. The van der Waals surface area contributed by atoms with Crippen LogP contribution in [0, 0.1) is 6.92 Å². The molecule has 0 aromatic carbocycles. The van der Waals surface area contributed by atoms with Crippen molar-refractivity contribution in [1.29, 1.82) is 0 Å². The Hall–Kier alpha value is 0.0500. The summed E-state index contributed by atoms with van der Waals surface area (Å²) in [6, 6.07) is 1.70. The Balaban J connectivity index is 1.93. The number of aryl methyl sites for hydroxylation is 1. The number of halogens is 1. The Morgan fingerprint density at radius 1 is 1.39 bits per heavy atom. The molecule has 2 fully saturated rings. The zero-order valence-corrected chi connectivity index (χ0v) is 13.1. The lowest BCUT2D eigenvalue weighted by atomic mass is 10.2. The van der Waals surface area contributed by atoms with E-state index in [1.54, 1.807) is 10.4 Å². The molecule has 7 heteroatoms. The first-order valence-electron chi connectivity index (χ1n) is 5.88. The Labute approximate surface area is 119 Å². The van der Waals surface area contributed by atoms with Crippen molar-refractivity contribution in [2.45, 2.75) is 36.9 Å². The lowest BCUT2D eigenvalue weighted by molar-refractivity contribution is -0.0114. The van der Waals surface area contributed by atoms with Crippen molar-refractivity contribution in [2.75, 3.05) is 13.1 Å². The summed E-state index contributed by atoms with van der Waals surface area (Å²) in [6.07, 6.45) is 2.12. The lowest BCUT2D eigenvalue weighted by Crippen LogP contribution is -2.45. The molecule has 0 aliphatic carbocycles. The molecule has 100 valence electrons. The van der Waals surface area contributed by atoms with Crippen LogP contribution in [0.1, 0.15) is 17.7 Å². The zero-order chi connectivity index (χ0) is 12.9. The van der Waals surface area contributed by atoms with Gasteiger partial charge in [0.1, 0.15) is 0 Å². The molecule has 0 amide bonds. The van der Waals surface area contributed by atoms with E-state index in [4.69, 9.17) is 4.74 Å². The number of hydrogen-bond donors (Lipinski definition) is 0. The summed E-state index contributed by atoms with van der Waals surface area (Å²) >= 11 is 4.80. The van der Waals surface area contributed by atoms with Crippen LogP contribution in [0.2, 0.25) is 0 Å². The largest absolute Gasteiger partial charge is 0.372 e. The summed E-state index contributed by atoms with van der Waals surface area (Å²) in [4.78, 5) is 1.27. The number of hydrogen-bond acceptors (Lipinski definition) is 4. The van der Waals surface area contributed by atoms with Gasteiger partial charge in [-0.25, -0.2) is 8.42 Å². The minimum atomic E-state index is -3.36. The molecular formula is C11H14BrNO3S2. The maximum absolute atomic E-state index is 12.6. The number of nitrogens with zero attached hydrogens (tertiary/aromatic N) is 1. The number of rotatable bonds is 2. The first-order valence-corrected chi connectivity index (χ1v) is 8.93. The van der Waals surface area contributed by atoms with Crippen LogP contribution in [0.25, 0.3) is 0 Å². The van der Waals surface area contributed by atoms with E-state index in [9.17, 15) is 8.42 Å². The first-order chi connectivity index (χ1) is 8.46. The molecule has 0 radical (unpaired) electrons. The van der Waals surface area contributed by atoms with E-state index < -0.39 is 10.0 Å². The van der Waals surface area contributed by atoms with Gasteiger partial charge in [-0.3, -0.25) is 0 Å². The average Bonchev–Trinajstić information content (AvgIpc) is 2.81. The predicted octanol–water partition coefficient (Wildman–Crippen LogP) is 2.37. The van der Waals surface area contributed by atoms with Gasteiger partial charge in [0.15, 0.2) is 0 Å². The molecule has 1 aromatic heterocycles. The van der Waals surface area contributed by atoms with Crippen LogP contribution in [0.5, 0.6) is 0 Å². The van der Waals surface area contributed by atoms with Gasteiger partial charge in [0.05, 0.1) is 20.9 Å². The third-order valence-corrected chi connectivity index (χ3v) is 7.11. The second-order valence-corrected chi connectivity index (χ2v) is 9.29. The van der Waals surface area contributed by atoms with Crippen LogP contribution >= 0.6 is 27.3 Å². The maximum Gasteiger partial charge on any atom is 0.244 e. The smallest absolute Gasteiger partial charge is 0.244 e. The van der Waals surface area contributed by atoms with Crippen LogP contribution < -0.4 is 0 Å². The molecule has 18 heavy (non-hydrogen) atoms. The molecule has 2 saturated heterocycles. The predicted molar refractivity (Wildman–Crippen MR) is 73.4 cm³/mol. The van der Waals surface area contributed by atoms with Crippen molar-refractivity contribution < 1.29 is 13.2 Å². The highest BCUT2D eigenvalue weighted by Gasteiger charge is 2.40. The van der Waals surface area contributed by atoms with Gasteiger partial charge >= 0.3 is 0 Å². The quantitative estimate of drug-likeness (QED) is 0.821. The highest BCUT2D eigenvalue weighted by Crippen LogP contribution is 2.34. The van der Waals surface area contributed by atoms with E-state index in [1.165, 1.54) is 11.3 Å². The molecule has 0 N–H and O–H groups in total. The molecule has 0 spiro atoms. The van der Waals surface area contributed by atoms with Crippen molar-refractivity contribution in [1.82, 2.24) is 4.31 Å². The molecule has 2 aliphatic rings. The second kappa shape index (κ2) is 4.56. The minimum absolute atomic E-state index is 0.0842. The Morgan fingerprint density at radius 3 is 2.50 bits per heavy atom. The van der Waals surface area contributed by atoms with Crippen molar-refractivity contribution >= 4 is 37.3 Å². The first kappa shape index (κ1) is 13.1. The summed E-state index contributed by atoms with van der Waals surface area (Å²) < 4.78 is 33.3. The number of morpholine rings is 1. The van der Waals surface area contributed by atoms with Gasteiger partial charge in [-0.1, -0.05) is 0 Å². The van der Waals surface area contributed by atoms with E-state index in [1.807, 2.05) is 6.92 Å². The molecule has 2 bridgehead atoms. The van der Waals surface area contributed by atoms with E-state index in [-0.39, 0.29) is 12.2 Å². The molecule has 3 rings (SSSR count). The standard InChI is InChI=1S/C11H14BrNO3S2/c1-7-10(4-11(12)17-7)18(14,15)13-5-8-2-3-9(6-13)16-8/h4,8-9H,2-3,5-6H2,1H3. The van der Waals surface area contributed by atoms with Crippen LogP contribution in [0.15, 0.2) is 14.7 Å². The third-order valence-electron chi connectivity index (χ3n) is 3.47. The van der Waals surface area contributed by atoms with E-state index in [0.29, 0.717) is 18.0 Å². The van der Waals surface area contributed by atoms with Crippen molar-refractivity contribution in [3.63, 3.8) is 0 Å². The molecule has 4 nitrogen and oxygen atoms in total. The Bertz CT molecular complexity index is 557. The van der Waals surface area contributed by atoms with Crippen LogP contribution in [0.3, 0.4) is 0 Å². The summed E-state index contributed by atoms with van der Waals surface area (Å²) in [6.45, 7) is 2.83. The van der Waals surface area contributed by atoms with Gasteiger partial charge in [-0.2, -0.15) is 4.31 Å².